The number of carbonyl (C=O) groups is 1. The number of carboxylic acids is 1. The van der Waals surface area contributed by atoms with Gasteiger partial charge in [0.25, 0.3) is 0 Å². The molecule has 0 amide bonds. The molecule has 2 aliphatic carbocycles. The lowest BCUT2D eigenvalue weighted by Crippen LogP contribution is -2.29. The first-order valence-electron chi connectivity index (χ1n) is 6.17. The van der Waals surface area contributed by atoms with E-state index >= 15 is 0 Å². The molecule has 15 heavy (non-hydrogen) atoms. The van der Waals surface area contributed by atoms with Crippen molar-refractivity contribution in [2.45, 2.75) is 44.6 Å². The van der Waals surface area contributed by atoms with Crippen LogP contribution in [0.4, 0.5) is 0 Å². The van der Waals surface area contributed by atoms with Crippen LogP contribution in [0.5, 0.6) is 0 Å². The third-order valence-corrected chi connectivity index (χ3v) is 4.83. The summed E-state index contributed by atoms with van der Waals surface area (Å²) in [6.07, 6.45) is 7.74. The van der Waals surface area contributed by atoms with Crippen LogP contribution in [0.3, 0.4) is 0 Å². The second kappa shape index (κ2) is 3.21. The lowest BCUT2D eigenvalue weighted by molar-refractivity contribution is -0.139. The molecule has 1 saturated heterocycles. The van der Waals surface area contributed by atoms with E-state index in [9.17, 15) is 4.79 Å². The molecule has 3 nitrogen and oxygen atoms in total. The zero-order valence-corrected chi connectivity index (χ0v) is 9.04. The summed E-state index contributed by atoms with van der Waals surface area (Å²) in [4.78, 5) is 10.9. The number of hydrogen-bond acceptors (Lipinski definition) is 2. The topological polar surface area (TPSA) is 49.3 Å². The minimum atomic E-state index is -0.663. The maximum atomic E-state index is 10.9. The number of nitrogens with one attached hydrogen (secondary N) is 1. The summed E-state index contributed by atoms with van der Waals surface area (Å²) in [6.45, 7) is 0.950. The molecule has 84 valence electrons. The first-order valence-corrected chi connectivity index (χ1v) is 6.17. The van der Waals surface area contributed by atoms with Crippen LogP contribution < -0.4 is 5.32 Å². The summed E-state index contributed by atoms with van der Waals surface area (Å²) in [7, 11) is 0. The molecule has 0 aromatic carbocycles. The van der Waals surface area contributed by atoms with Gasteiger partial charge in [-0.15, -0.1) is 0 Å². The van der Waals surface area contributed by atoms with Gasteiger partial charge in [-0.05, 0) is 30.1 Å². The number of carboxylic acid groups (broad SMARTS) is 1. The lowest BCUT2D eigenvalue weighted by atomic mass is 9.91. The molecule has 2 saturated carbocycles. The van der Waals surface area contributed by atoms with Gasteiger partial charge in [0.2, 0.25) is 0 Å². The highest BCUT2D eigenvalue weighted by molar-refractivity contribution is 5.74. The molecule has 2 N–H and O–H groups in total. The summed E-state index contributed by atoms with van der Waals surface area (Å²) >= 11 is 0. The van der Waals surface area contributed by atoms with Gasteiger partial charge in [-0.3, -0.25) is 4.79 Å². The SMILES string of the molecule is O=C(O)[C@@H]1C[C@]2(CN1)C[C@@H]2C1CCCC1. The van der Waals surface area contributed by atoms with Crippen LogP contribution in [0, 0.1) is 17.3 Å². The molecule has 1 spiro atoms. The maximum absolute atomic E-state index is 10.9. The van der Waals surface area contributed by atoms with Crippen LogP contribution >= 0.6 is 0 Å². The predicted molar refractivity (Wildman–Crippen MR) is 56.5 cm³/mol. The van der Waals surface area contributed by atoms with E-state index in [1.54, 1.807) is 0 Å². The quantitative estimate of drug-likeness (QED) is 0.726. The average molecular weight is 209 g/mol. The Balaban J connectivity index is 1.63. The van der Waals surface area contributed by atoms with E-state index in [2.05, 4.69) is 5.32 Å². The van der Waals surface area contributed by atoms with Crippen molar-refractivity contribution in [3.63, 3.8) is 0 Å². The van der Waals surface area contributed by atoms with Gasteiger partial charge < -0.3 is 10.4 Å². The second-order valence-corrected chi connectivity index (χ2v) is 5.69. The fourth-order valence-electron chi connectivity index (χ4n) is 3.90. The summed E-state index contributed by atoms with van der Waals surface area (Å²) in [5.41, 5.74) is 0.387. The highest BCUT2D eigenvalue weighted by Gasteiger charge is 2.60. The number of rotatable bonds is 2. The van der Waals surface area contributed by atoms with Gasteiger partial charge in [0.1, 0.15) is 6.04 Å². The first kappa shape index (κ1) is 9.64. The molecule has 0 aromatic heterocycles. The van der Waals surface area contributed by atoms with E-state index in [0.717, 1.165) is 24.8 Å². The third-order valence-electron chi connectivity index (χ3n) is 4.83. The largest absolute Gasteiger partial charge is 0.480 e. The molecule has 3 heteroatoms. The van der Waals surface area contributed by atoms with Crippen molar-refractivity contribution in [2.75, 3.05) is 6.54 Å². The van der Waals surface area contributed by atoms with Crippen molar-refractivity contribution in [1.29, 1.82) is 0 Å². The van der Waals surface area contributed by atoms with Gasteiger partial charge in [-0.25, -0.2) is 0 Å². The Morgan fingerprint density at radius 3 is 2.60 bits per heavy atom. The van der Waals surface area contributed by atoms with Crippen molar-refractivity contribution >= 4 is 5.97 Å². The van der Waals surface area contributed by atoms with Crippen LogP contribution in [0.2, 0.25) is 0 Å². The van der Waals surface area contributed by atoms with E-state index in [1.807, 2.05) is 0 Å². The Bertz CT molecular complexity index is 285. The second-order valence-electron chi connectivity index (χ2n) is 5.69. The molecule has 3 atom stereocenters. The first-order chi connectivity index (χ1) is 7.21. The van der Waals surface area contributed by atoms with Crippen LogP contribution in [0.1, 0.15) is 38.5 Å². The summed E-state index contributed by atoms with van der Waals surface area (Å²) < 4.78 is 0. The fraction of sp³-hybridized carbons (Fsp3) is 0.917. The van der Waals surface area contributed by atoms with Crippen LogP contribution in [-0.2, 0) is 4.79 Å². The molecule has 0 radical (unpaired) electrons. The summed E-state index contributed by atoms with van der Waals surface area (Å²) in [5.74, 6) is 1.10. The van der Waals surface area contributed by atoms with Crippen LogP contribution in [-0.4, -0.2) is 23.7 Å². The zero-order chi connectivity index (χ0) is 10.5. The Morgan fingerprint density at radius 1 is 1.27 bits per heavy atom. The van der Waals surface area contributed by atoms with E-state index < -0.39 is 5.97 Å². The lowest BCUT2D eigenvalue weighted by Gasteiger charge is -2.13. The standard InChI is InChI=1S/C12H19NO2/c14-11(15)10-6-12(7-13-10)5-9(12)8-3-1-2-4-8/h8-10,13H,1-7H2,(H,14,15)/t9-,10+,12+/m1/s1. The number of aliphatic carboxylic acids is 1. The van der Waals surface area contributed by atoms with Crippen LogP contribution in [0.25, 0.3) is 0 Å². The normalized spacial score (nSPS) is 45.1. The monoisotopic (exact) mass is 209 g/mol. The molecule has 0 bridgehead atoms. The minimum Gasteiger partial charge on any atom is -0.480 e. The summed E-state index contributed by atoms with van der Waals surface area (Å²) in [5, 5.41) is 12.1. The van der Waals surface area contributed by atoms with Crippen molar-refractivity contribution < 1.29 is 9.90 Å². The average Bonchev–Trinajstić information content (AvgIpc) is 2.64. The Morgan fingerprint density at radius 2 is 2.00 bits per heavy atom. The maximum Gasteiger partial charge on any atom is 0.320 e. The molecular weight excluding hydrogens is 190 g/mol. The van der Waals surface area contributed by atoms with Gasteiger partial charge in [-0.2, -0.15) is 0 Å². The van der Waals surface area contributed by atoms with Crippen molar-refractivity contribution in [3.05, 3.63) is 0 Å². The number of hydrogen-bond donors (Lipinski definition) is 2. The van der Waals surface area contributed by atoms with Gasteiger partial charge in [0.05, 0.1) is 0 Å². The van der Waals surface area contributed by atoms with E-state index in [4.69, 9.17) is 5.11 Å². The molecule has 3 fully saturated rings. The smallest absolute Gasteiger partial charge is 0.320 e. The van der Waals surface area contributed by atoms with Crippen molar-refractivity contribution in [2.24, 2.45) is 17.3 Å². The Kier molecular flexibility index (Phi) is 2.06. The van der Waals surface area contributed by atoms with Gasteiger partial charge in [-0.1, -0.05) is 25.7 Å². The molecule has 1 heterocycles. The zero-order valence-electron chi connectivity index (χ0n) is 9.04. The Labute approximate surface area is 90.2 Å². The molecule has 0 aromatic rings. The fourth-order valence-corrected chi connectivity index (χ4v) is 3.90. The molecular formula is C12H19NO2. The van der Waals surface area contributed by atoms with Crippen molar-refractivity contribution in [3.8, 4) is 0 Å². The minimum absolute atomic E-state index is 0.267. The summed E-state index contributed by atoms with van der Waals surface area (Å²) in [6, 6.07) is -0.267. The van der Waals surface area contributed by atoms with E-state index in [1.165, 1.54) is 32.1 Å². The van der Waals surface area contributed by atoms with Crippen molar-refractivity contribution in [1.82, 2.24) is 5.32 Å². The van der Waals surface area contributed by atoms with Gasteiger partial charge >= 0.3 is 5.97 Å². The molecule has 0 unspecified atom stereocenters. The molecule has 1 aliphatic heterocycles. The van der Waals surface area contributed by atoms with E-state index in [-0.39, 0.29) is 6.04 Å². The Hall–Kier alpha value is -0.570. The highest BCUT2D eigenvalue weighted by Crippen LogP contribution is 2.63. The van der Waals surface area contributed by atoms with E-state index in [0.29, 0.717) is 5.41 Å². The van der Waals surface area contributed by atoms with Gasteiger partial charge in [0.15, 0.2) is 0 Å². The highest BCUT2D eigenvalue weighted by atomic mass is 16.4. The molecule has 3 aliphatic rings. The third kappa shape index (κ3) is 1.48. The van der Waals surface area contributed by atoms with Gasteiger partial charge in [0, 0.05) is 6.54 Å². The predicted octanol–water partition coefficient (Wildman–Crippen LogP) is 1.63. The van der Waals surface area contributed by atoms with Crippen LogP contribution in [0.15, 0.2) is 0 Å². The molecule has 3 rings (SSSR count).